The number of carbonyl (C=O) groups excluding carboxylic acids is 1. The third-order valence-electron chi connectivity index (χ3n) is 3.89. The second-order valence-corrected chi connectivity index (χ2v) is 8.61. The predicted molar refractivity (Wildman–Crippen MR) is 112 cm³/mol. The molecule has 0 aliphatic rings. The molecule has 0 aliphatic heterocycles. The summed E-state index contributed by atoms with van der Waals surface area (Å²) < 4.78 is 40.0. The van der Waals surface area contributed by atoms with Gasteiger partial charge in [-0.3, -0.25) is 9.52 Å². The number of hydrogen-bond acceptors (Lipinski definition) is 3. The molecule has 0 atom stereocenters. The molecule has 29 heavy (non-hydrogen) atoms. The lowest BCUT2D eigenvalue weighted by Gasteiger charge is -2.10. The van der Waals surface area contributed by atoms with Crippen molar-refractivity contribution in [2.24, 2.45) is 0 Å². The highest BCUT2D eigenvalue weighted by Gasteiger charge is 2.14. The molecule has 0 unspecified atom stereocenters. The Labute approximate surface area is 177 Å². The minimum atomic E-state index is -3.84. The summed E-state index contributed by atoms with van der Waals surface area (Å²) in [6, 6.07) is 15.6. The Morgan fingerprint density at radius 1 is 0.862 bits per heavy atom. The number of carbonyl (C=O) groups is 1. The Balaban J connectivity index is 1.63. The van der Waals surface area contributed by atoms with Crippen LogP contribution in [-0.2, 0) is 21.2 Å². The maximum absolute atomic E-state index is 13.0. The van der Waals surface area contributed by atoms with E-state index < -0.39 is 15.8 Å². The van der Waals surface area contributed by atoms with Gasteiger partial charge in [-0.25, -0.2) is 12.8 Å². The summed E-state index contributed by atoms with van der Waals surface area (Å²) in [5.74, 6) is -0.784. The highest BCUT2D eigenvalue weighted by atomic mass is 35.5. The van der Waals surface area contributed by atoms with Crippen LogP contribution in [0.4, 0.5) is 15.8 Å². The maximum atomic E-state index is 13.0. The van der Waals surface area contributed by atoms with Crippen molar-refractivity contribution in [3.8, 4) is 0 Å². The number of halogens is 3. The molecule has 9 heteroatoms. The second kappa shape index (κ2) is 8.82. The molecular formula is C20H15Cl2FN2O3S. The lowest BCUT2D eigenvalue weighted by atomic mass is 10.1. The van der Waals surface area contributed by atoms with E-state index >= 15 is 0 Å². The quantitative estimate of drug-likeness (QED) is 0.545. The van der Waals surface area contributed by atoms with E-state index in [-0.39, 0.29) is 17.2 Å². The van der Waals surface area contributed by atoms with Gasteiger partial charge in [0.25, 0.3) is 10.0 Å². The van der Waals surface area contributed by atoms with Gasteiger partial charge in [0.1, 0.15) is 5.82 Å². The molecule has 0 aromatic heterocycles. The van der Waals surface area contributed by atoms with Gasteiger partial charge >= 0.3 is 0 Å². The highest BCUT2D eigenvalue weighted by molar-refractivity contribution is 7.92. The van der Waals surface area contributed by atoms with Crippen LogP contribution < -0.4 is 10.0 Å². The van der Waals surface area contributed by atoms with Gasteiger partial charge in [0, 0.05) is 11.4 Å². The molecule has 3 aromatic rings. The molecule has 0 heterocycles. The van der Waals surface area contributed by atoms with E-state index in [1.165, 1.54) is 24.3 Å². The Kier molecular flexibility index (Phi) is 6.42. The van der Waals surface area contributed by atoms with Crippen LogP contribution in [0.15, 0.2) is 71.6 Å². The lowest BCUT2D eigenvalue weighted by Crippen LogP contribution is -2.15. The number of benzene rings is 3. The van der Waals surface area contributed by atoms with Gasteiger partial charge in [-0.2, -0.15) is 0 Å². The zero-order valence-electron chi connectivity index (χ0n) is 14.8. The topological polar surface area (TPSA) is 75.3 Å². The number of amides is 1. The number of rotatable bonds is 6. The van der Waals surface area contributed by atoms with Crippen molar-refractivity contribution in [2.75, 3.05) is 10.0 Å². The summed E-state index contributed by atoms with van der Waals surface area (Å²) >= 11 is 11.8. The van der Waals surface area contributed by atoms with Gasteiger partial charge in [0.15, 0.2) is 0 Å². The molecule has 0 aliphatic carbocycles. The number of anilines is 2. The van der Waals surface area contributed by atoms with E-state index in [4.69, 9.17) is 23.2 Å². The van der Waals surface area contributed by atoms with Crippen molar-refractivity contribution >= 4 is 50.5 Å². The van der Waals surface area contributed by atoms with Gasteiger partial charge in [-0.1, -0.05) is 29.3 Å². The molecule has 150 valence electrons. The van der Waals surface area contributed by atoms with E-state index in [2.05, 4.69) is 10.0 Å². The van der Waals surface area contributed by atoms with E-state index in [0.29, 0.717) is 27.0 Å². The van der Waals surface area contributed by atoms with Crippen LogP contribution in [-0.4, -0.2) is 14.3 Å². The Morgan fingerprint density at radius 3 is 2.10 bits per heavy atom. The van der Waals surface area contributed by atoms with E-state index in [1.54, 1.807) is 30.3 Å². The summed E-state index contributed by atoms with van der Waals surface area (Å²) in [6.45, 7) is 0. The summed E-state index contributed by atoms with van der Waals surface area (Å²) in [4.78, 5) is 12.1. The van der Waals surface area contributed by atoms with Crippen LogP contribution in [0.1, 0.15) is 5.56 Å². The fraction of sp³-hybridized carbons (Fsp3) is 0.0500. The van der Waals surface area contributed by atoms with Gasteiger partial charge in [-0.05, 0) is 66.2 Å². The van der Waals surface area contributed by atoms with Crippen molar-refractivity contribution in [1.29, 1.82) is 0 Å². The fourth-order valence-electron chi connectivity index (χ4n) is 2.49. The van der Waals surface area contributed by atoms with Crippen molar-refractivity contribution < 1.29 is 17.6 Å². The zero-order chi connectivity index (χ0) is 21.0. The van der Waals surface area contributed by atoms with Crippen LogP contribution in [0.25, 0.3) is 0 Å². The molecule has 5 nitrogen and oxygen atoms in total. The van der Waals surface area contributed by atoms with Crippen LogP contribution in [0.5, 0.6) is 0 Å². The average molecular weight is 453 g/mol. The first-order chi connectivity index (χ1) is 13.7. The zero-order valence-corrected chi connectivity index (χ0v) is 17.2. The Bertz CT molecular complexity index is 1140. The Morgan fingerprint density at radius 2 is 1.48 bits per heavy atom. The van der Waals surface area contributed by atoms with E-state index in [9.17, 15) is 17.6 Å². The van der Waals surface area contributed by atoms with E-state index in [0.717, 1.165) is 12.1 Å². The number of sulfonamides is 1. The molecule has 0 radical (unpaired) electrons. The number of nitrogens with one attached hydrogen (secondary N) is 2. The minimum Gasteiger partial charge on any atom is -0.326 e. The van der Waals surface area contributed by atoms with Gasteiger partial charge in [0.2, 0.25) is 5.91 Å². The number of hydrogen-bond donors (Lipinski definition) is 2. The summed E-state index contributed by atoms with van der Waals surface area (Å²) in [6.07, 6.45) is 0.107. The summed E-state index contributed by atoms with van der Waals surface area (Å²) in [5, 5.41) is 3.50. The molecule has 3 aromatic carbocycles. The molecule has 3 rings (SSSR count). The molecule has 2 N–H and O–H groups in total. The van der Waals surface area contributed by atoms with Crippen molar-refractivity contribution in [3.05, 3.63) is 88.2 Å². The van der Waals surface area contributed by atoms with Gasteiger partial charge in [0.05, 0.1) is 21.4 Å². The van der Waals surface area contributed by atoms with Crippen molar-refractivity contribution in [3.63, 3.8) is 0 Å². The average Bonchev–Trinajstić information content (AvgIpc) is 2.66. The summed E-state index contributed by atoms with van der Waals surface area (Å²) in [5.41, 5.74) is 1.51. The minimum absolute atomic E-state index is 0.0575. The molecule has 0 spiro atoms. The summed E-state index contributed by atoms with van der Waals surface area (Å²) in [7, 11) is -3.84. The largest absolute Gasteiger partial charge is 0.326 e. The van der Waals surface area contributed by atoms with Gasteiger partial charge < -0.3 is 5.32 Å². The van der Waals surface area contributed by atoms with Crippen LogP contribution in [0.2, 0.25) is 10.0 Å². The first kappa shape index (κ1) is 21.1. The first-order valence-corrected chi connectivity index (χ1v) is 10.6. The molecule has 0 saturated carbocycles. The standard InChI is InChI=1S/C20H15Cl2FN2O3S/c21-18-10-1-13(11-19(18)22)12-20(26)24-15-4-6-16(7-5-15)25-29(27,28)17-8-2-14(23)3-9-17/h1-11,25H,12H2,(H,24,26). The third kappa shape index (κ3) is 5.69. The molecular weight excluding hydrogens is 438 g/mol. The van der Waals surface area contributed by atoms with Crippen LogP contribution in [0.3, 0.4) is 0 Å². The lowest BCUT2D eigenvalue weighted by molar-refractivity contribution is -0.115. The molecule has 0 bridgehead atoms. The van der Waals surface area contributed by atoms with Gasteiger partial charge in [-0.15, -0.1) is 0 Å². The highest BCUT2D eigenvalue weighted by Crippen LogP contribution is 2.23. The smallest absolute Gasteiger partial charge is 0.261 e. The molecule has 0 fully saturated rings. The fourth-order valence-corrected chi connectivity index (χ4v) is 3.87. The first-order valence-electron chi connectivity index (χ1n) is 8.35. The van der Waals surface area contributed by atoms with Crippen LogP contribution in [0, 0.1) is 5.82 Å². The van der Waals surface area contributed by atoms with Crippen LogP contribution >= 0.6 is 23.2 Å². The molecule has 1 amide bonds. The van der Waals surface area contributed by atoms with E-state index in [1.807, 2.05) is 0 Å². The Hall–Kier alpha value is -2.61. The van der Waals surface area contributed by atoms with Crippen molar-refractivity contribution in [2.45, 2.75) is 11.3 Å². The normalized spacial score (nSPS) is 11.1. The SMILES string of the molecule is O=C(Cc1ccc(Cl)c(Cl)c1)Nc1ccc(NS(=O)(=O)c2ccc(F)cc2)cc1. The van der Waals surface area contributed by atoms with Crippen molar-refractivity contribution in [1.82, 2.24) is 0 Å². The third-order valence-corrected chi connectivity index (χ3v) is 6.03. The molecule has 0 saturated heterocycles. The second-order valence-electron chi connectivity index (χ2n) is 6.11. The maximum Gasteiger partial charge on any atom is 0.261 e. The predicted octanol–water partition coefficient (Wildman–Crippen LogP) is 5.11. The monoisotopic (exact) mass is 452 g/mol.